The van der Waals surface area contributed by atoms with E-state index in [0.717, 1.165) is 12.2 Å². The highest BCUT2D eigenvalue weighted by Gasteiger charge is 2.09. The van der Waals surface area contributed by atoms with E-state index >= 15 is 0 Å². The zero-order valence-electron chi connectivity index (χ0n) is 9.00. The molecule has 1 unspecified atom stereocenters. The lowest BCUT2D eigenvalue weighted by atomic mass is 10.1. The second-order valence-corrected chi connectivity index (χ2v) is 4.66. The Morgan fingerprint density at radius 1 is 1.40 bits per heavy atom. The van der Waals surface area contributed by atoms with Crippen molar-refractivity contribution in [1.29, 1.82) is 0 Å². The number of hydrogen-bond donors (Lipinski definition) is 1. The lowest BCUT2D eigenvalue weighted by Crippen LogP contribution is -2.28. The molecular formula is C11H16Cl2N2. The highest BCUT2D eigenvalue weighted by atomic mass is 35.5. The van der Waals surface area contributed by atoms with Crippen molar-refractivity contribution in [2.24, 2.45) is 11.7 Å². The molecule has 0 bridgehead atoms. The van der Waals surface area contributed by atoms with Gasteiger partial charge in [0.05, 0.1) is 10.7 Å². The topological polar surface area (TPSA) is 29.3 Å². The van der Waals surface area contributed by atoms with Crippen molar-refractivity contribution in [3.8, 4) is 0 Å². The summed E-state index contributed by atoms with van der Waals surface area (Å²) in [5, 5.41) is 1.41. The maximum Gasteiger partial charge on any atom is 0.0640 e. The molecule has 2 N–H and O–H groups in total. The summed E-state index contributed by atoms with van der Waals surface area (Å²) < 4.78 is 0. The molecule has 1 aromatic rings. The second-order valence-electron chi connectivity index (χ2n) is 3.82. The molecule has 0 amide bonds. The molecule has 0 heterocycles. The molecule has 1 atom stereocenters. The van der Waals surface area contributed by atoms with Gasteiger partial charge in [-0.05, 0) is 30.7 Å². The molecular weight excluding hydrogens is 231 g/mol. The molecule has 0 spiro atoms. The molecule has 1 rings (SSSR count). The van der Waals surface area contributed by atoms with Gasteiger partial charge in [0, 0.05) is 18.6 Å². The van der Waals surface area contributed by atoms with Crippen molar-refractivity contribution in [1.82, 2.24) is 0 Å². The fourth-order valence-electron chi connectivity index (χ4n) is 1.42. The third-order valence-corrected chi connectivity index (χ3v) is 2.86. The number of anilines is 1. The molecule has 0 aromatic heterocycles. The molecule has 84 valence electrons. The Labute approximate surface area is 101 Å². The van der Waals surface area contributed by atoms with Crippen molar-refractivity contribution in [2.45, 2.75) is 6.92 Å². The van der Waals surface area contributed by atoms with Crippen molar-refractivity contribution in [2.75, 3.05) is 25.0 Å². The maximum absolute atomic E-state index is 6.09. The minimum atomic E-state index is 0.435. The molecule has 0 saturated heterocycles. The Hall–Kier alpha value is -0.440. The molecule has 0 saturated carbocycles. The van der Waals surface area contributed by atoms with E-state index in [1.807, 2.05) is 19.2 Å². The smallest absolute Gasteiger partial charge is 0.0640 e. The second kappa shape index (κ2) is 5.59. The van der Waals surface area contributed by atoms with Gasteiger partial charge in [-0.25, -0.2) is 0 Å². The number of nitrogens with two attached hydrogens (primary N) is 1. The van der Waals surface area contributed by atoms with Gasteiger partial charge in [0.15, 0.2) is 0 Å². The summed E-state index contributed by atoms with van der Waals surface area (Å²) in [6.45, 7) is 3.65. The highest BCUT2D eigenvalue weighted by Crippen LogP contribution is 2.28. The Bertz CT molecular complexity index is 328. The summed E-state index contributed by atoms with van der Waals surface area (Å²) in [6, 6.07) is 5.46. The first-order valence-corrected chi connectivity index (χ1v) is 5.66. The third-order valence-electron chi connectivity index (χ3n) is 2.31. The van der Waals surface area contributed by atoms with Gasteiger partial charge in [0.25, 0.3) is 0 Å². The third kappa shape index (κ3) is 3.56. The average molecular weight is 247 g/mol. The predicted octanol–water partition coefficient (Wildman–Crippen LogP) is 3.02. The van der Waals surface area contributed by atoms with E-state index < -0.39 is 0 Å². The average Bonchev–Trinajstić information content (AvgIpc) is 2.21. The summed E-state index contributed by atoms with van der Waals surface area (Å²) >= 11 is 12.0. The van der Waals surface area contributed by atoms with Crippen LogP contribution in [0.4, 0.5) is 5.69 Å². The molecule has 1 aromatic carbocycles. The van der Waals surface area contributed by atoms with Crippen molar-refractivity contribution in [3.63, 3.8) is 0 Å². The van der Waals surface area contributed by atoms with E-state index in [4.69, 9.17) is 28.9 Å². The molecule has 2 nitrogen and oxygen atoms in total. The first-order chi connectivity index (χ1) is 7.04. The summed E-state index contributed by atoms with van der Waals surface area (Å²) in [6.07, 6.45) is 0. The standard InChI is InChI=1S/C11H16Cl2N2/c1-8(6-14)7-15(2)11-5-9(12)3-4-10(11)13/h3-5,8H,6-7,14H2,1-2H3. The van der Waals surface area contributed by atoms with E-state index in [9.17, 15) is 0 Å². The molecule has 0 radical (unpaired) electrons. The van der Waals surface area contributed by atoms with Crippen LogP contribution in [0.2, 0.25) is 10.0 Å². The van der Waals surface area contributed by atoms with Crippen LogP contribution >= 0.6 is 23.2 Å². The van der Waals surface area contributed by atoms with Crippen LogP contribution in [0.5, 0.6) is 0 Å². The van der Waals surface area contributed by atoms with Crippen LogP contribution in [0.1, 0.15) is 6.92 Å². The number of hydrogen-bond acceptors (Lipinski definition) is 2. The first kappa shape index (κ1) is 12.6. The van der Waals surface area contributed by atoms with E-state index in [0.29, 0.717) is 22.5 Å². The number of rotatable bonds is 4. The molecule has 15 heavy (non-hydrogen) atoms. The zero-order valence-corrected chi connectivity index (χ0v) is 10.5. The summed E-state index contributed by atoms with van der Waals surface area (Å²) in [5.74, 6) is 0.435. The lowest BCUT2D eigenvalue weighted by Gasteiger charge is -2.23. The van der Waals surface area contributed by atoms with E-state index in [1.54, 1.807) is 6.07 Å². The fraction of sp³-hybridized carbons (Fsp3) is 0.455. The van der Waals surface area contributed by atoms with Gasteiger partial charge in [0.1, 0.15) is 0 Å². The van der Waals surface area contributed by atoms with Crippen LogP contribution in [0.25, 0.3) is 0 Å². The molecule has 0 aliphatic carbocycles. The number of halogens is 2. The molecule has 0 fully saturated rings. The molecule has 0 aliphatic heterocycles. The SMILES string of the molecule is CC(CN)CN(C)c1cc(Cl)ccc1Cl. The van der Waals surface area contributed by atoms with E-state index in [2.05, 4.69) is 11.8 Å². The Kier molecular flexibility index (Phi) is 4.71. The van der Waals surface area contributed by atoms with Gasteiger partial charge in [-0.3, -0.25) is 0 Å². The normalized spacial score (nSPS) is 12.6. The van der Waals surface area contributed by atoms with Gasteiger partial charge >= 0.3 is 0 Å². The molecule has 0 aliphatic rings. The zero-order chi connectivity index (χ0) is 11.4. The minimum Gasteiger partial charge on any atom is -0.373 e. The maximum atomic E-state index is 6.09. The summed E-state index contributed by atoms with van der Waals surface area (Å²) in [4.78, 5) is 2.08. The Balaban J connectivity index is 2.80. The van der Waals surface area contributed by atoms with Crippen molar-refractivity contribution < 1.29 is 0 Å². The minimum absolute atomic E-state index is 0.435. The first-order valence-electron chi connectivity index (χ1n) is 4.91. The largest absolute Gasteiger partial charge is 0.373 e. The Morgan fingerprint density at radius 2 is 2.07 bits per heavy atom. The van der Waals surface area contributed by atoms with Gasteiger partial charge < -0.3 is 10.6 Å². The van der Waals surface area contributed by atoms with E-state index in [1.165, 1.54) is 0 Å². The van der Waals surface area contributed by atoms with Gasteiger partial charge in [-0.2, -0.15) is 0 Å². The summed E-state index contributed by atoms with van der Waals surface area (Å²) in [7, 11) is 1.99. The van der Waals surface area contributed by atoms with Crippen molar-refractivity contribution in [3.05, 3.63) is 28.2 Å². The van der Waals surface area contributed by atoms with E-state index in [-0.39, 0.29) is 0 Å². The van der Waals surface area contributed by atoms with Gasteiger partial charge in [0.2, 0.25) is 0 Å². The van der Waals surface area contributed by atoms with Gasteiger partial charge in [-0.15, -0.1) is 0 Å². The fourth-order valence-corrected chi connectivity index (χ4v) is 1.85. The predicted molar refractivity (Wildman–Crippen MR) is 68.0 cm³/mol. The summed E-state index contributed by atoms with van der Waals surface area (Å²) in [5.41, 5.74) is 6.53. The monoisotopic (exact) mass is 246 g/mol. The van der Waals surface area contributed by atoms with Crippen LogP contribution in [-0.2, 0) is 0 Å². The van der Waals surface area contributed by atoms with Crippen molar-refractivity contribution >= 4 is 28.9 Å². The highest BCUT2D eigenvalue weighted by molar-refractivity contribution is 6.35. The molecule has 4 heteroatoms. The Morgan fingerprint density at radius 3 is 2.67 bits per heavy atom. The lowest BCUT2D eigenvalue weighted by molar-refractivity contribution is 0.590. The van der Waals surface area contributed by atoms with Crippen LogP contribution in [0.3, 0.4) is 0 Å². The van der Waals surface area contributed by atoms with Gasteiger partial charge in [-0.1, -0.05) is 30.1 Å². The van der Waals surface area contributed by atoms with Crippen LogP contribution in [0.15, 0.2) is 18.2 Å². The number of nitrogens with zero attached hydrogens (tertiary/aromatic N) is 1. The van der Waals surface area contributed by atoms with Crippen LogP contribution in [0, 0.1) is 5.92 Å². The van der Waals surface area contributed by atoms with Crippen LogP contribution in [-0.4, -0.2) is 20.1 Å². The van der Waals surface area contributed by atoms with Crippen LogP contribution < -0.4 is 10.6 Å². The number of benzene rings is 1. The quantitative estimate of drug-likeness (QED) is 0.886.